The minimum Gasteiger partial charge on any atom is -0.462 e. The summed E-state index contributed by atoms with van der Waals surface area (Å²) in [5, 5.41) is 2.81. The Hall–Kier alpha value is -2.03. The first-order valence-corrected chi connectivity index (χ1v) is 21.1. The second kappa shape index (κ2) is 36.8. The van der Waals surface area contributed by atoms with Crippen molar-refractivity contribution in [1.82, 2.24) is 5.32 Å². The van der Waals surface area contributed by atoms with Gasteiger partial charge in [0.2, 0.25) is 0 Å². The van der Waals surface area contributed by atoms with Crippen LogP contribution >= 0.6 is 7.82 Å². The summed E-state index contributed by atoms with van der Waals surface area (Å²) in [5.74, 6) is -0.848. The minimum absolute atomic E-state index is 0.0245. The molecule has 0 aliphatic carbocycles. The largest absolute Gasteiger partial charge is 0.472 e. The monoisotopic (exact) mass is 725 g/mol. The molecule has 0 saturated carbocycles. The first-order valence-electron chi connectivity index (χ1n) is 19.6. The molecule has 0 aromatic rings. The molecule has 10 heteroatoms. The zero-order valence-corrected chi connectivity index (χ0v) is 32.7. The highest BCUT2D eigenvalue weighted by molar-refractivity contribution is 7.47. The lowest BCUT2D eigenvalue weighted by Gasteiger charge is -2.20. The van der Waals surface area contributed by atoms with E-state index in [1.807, 2.05) is 0 Å². The quantitative estimate of drug-likeness (QED) is 0.0281. The number of rotatable bonds is 36. The van der Waals surface area contributed by atoms with Crippen LogP contribution < -0.4 is 5.32 Å². The maximum atomic E-state index is 12.6. The van der Waals surface area contributed by atoms with Crippen LogP contribution in [0.15, 0.2) is 48.6 Å². The van der Waals surface area contributed by atoms with E-state index in [9.17, 15) is 19.0 Å². The van der Waals surface area contributed by atoms with Gasteiger partial charge in [0.05, 0.1) is 13.2 Å². The van der Waals surface area contributed by atoms with Crippen molar-refractivity contribution in [1.29, 1.82) is 0 Å². The van der Waals surface area contributed by atoms with Gasteiger partial charge in [0, 0.05) is 19.4 Å². The smallest absolute Gasteiger partial charge is 0.462 e. The molecular weight excluding hydrogens is 653 g/mol. The molecule has 0 amide bonds. The van der Waals surface area contributed by atoms with E-state index >= 15 is 0 Å². The zero-order chi connectivity index (χ0) is 36.8. The summed E-state index contributed by atoms with van der Waals surface area (Å²) in [6, 6.07) is 0. The number of likely N-dealkylation sites (N-methyl/N-ethyl adjacent to an activating group) is 1. The highest BCUT2D eigenvalue weighted by Crippen LogP contribution is 2.43. The van der Waals surface area contributed by atoms with Crippen molar-refractivity contribution in [3.8, 4) is 0 Å². The molecule has 0 aliphatic heterocycles. The van der Waals surface area contributed by atoms with Gasteiger partial charge in [-0.05, 0) is 77.7 Å². The molecule has 0 rings (SSSR count). The highest BCUT2D eigenvalue weighted by atomic mass is 31.2. The summed E-state index contributed by atoms with van der Waals surface area (Å²) in [5.41, 5.74) is 0. The molecule has 0 saturated heterocycles. The Morgan fingerprint density at radius 3 is 1.68 bits per heavy atom. The standard InChI is InChI=1S/C40H72NO8P/c1-4-6-8-10-12-14-16-17-18-19-20-21-23-25-27-29-31-33-40(43)49-38(37-48-50(44,45)47-35-34-41-3)36-46-39(42)32-30-28-26-24-22-15-13-11-9-7-5-2/h11-14,17-18,20-21,38,41H,4-10,15-16,19,22-37H2,1-3H3,(H,44,45)/b13-11-,14-12-,18-17-,21-20-. The van der Waals surface area contributed by atoms with E-state index in [4.69, 9.17) is 18.5 Å². The van der Waals surface area contributed by atoms with Crippen molar-refractivity contribution < 1.29 is 37.6 Å². The Labute approximate surface area is 305 Å². The molecule has 2 N–H and O–H groups in total. The van der Waals surface area contributed by atoms with Crippen LogP contribution in [0.25, 0.3) is 0 Å². The molecule has 0 bridgehead atoms. The summed E-state index contributed by atoms with van der Waals surface area (Å²) in [4.78, 5) is 34.9. The number of unbranched alkanes of at least 4 members (excludes halogenated alkanes) is 14. The molecule has 50 heavy (non-hydrogen) atoms. The maximum Gasteiger partial charge on any atom is 0.472 e. The fraction of sp³-hybridized carbons (Fsp3) is 0.750. The molecule has 0 heterocycles. The Morgan fingerprint density at radius 1 is 0.620 bits per heavy atom. The molecule has 0 aromatic heterocycles. The third-order valence-electron chi connectivity index (χ3n) is 7.92. The molecule has 0 spiro atoms. The predicted octanol–water partition coefficient (Wildman–Crippen LogP) is 10.6. The highest BCUT2D eigenvalue weighted by Gasteiger charge is 2.26. The van der Waals surface area contributed by atoms with Crippen LogP contribution in [0, 0.1) is 0 Å². The van der Waals surface area contributed by atoms with Crippen molar-refractivity contribution in [2.75, 3.05) is 33.4 Å². The van der Waals surface area contributed by atoms with Gasteiger partial charge >= 0.3 is 19.8 Å². The van der Waals surface area contributed by atoms with Crippen molar-refractivity contribution in [2.45, 2.75) is 161 Å². The van der Waals surface area contributed by atoms with E-state index in [1.54, 1.807) is 7.05 Å². The number of carbonyl (C=O) groups excluding carboxylic acids is 2. The summed E-state index contributed by atoms with van der Waals surface area (Å²) >= 11 is 0. The van der Waals surface area contributed by atoms with E-state index in [0.29, 0.717) is 13.0 Å². The van der Waals surface area contributed by atoms with Crippen molar-refractivity contribution in [3.05, 3.63) is 48.6 Å². The van der Waals surface area contributed by atoms with Gasteiger partial charge in [-0.1, -0.05) is 120 Å². The van der Waals surface area contributed by atoms with E-state index in [2.05, 4.69) is 67.8 Å². The van der Waals surface area contributed by atoms with E-state index in [-0.39, 0.29) is 26.1 Å². The zero-order valence-electron chi connectivity index (χ0n) is 31.8. The Kier molecular flexibility index (Phi) is 35.3. The van der Waals surface area contributed by atoms with Crippen molar-refractivity contribution >= 4 is 19.8 Å². The SMILES string of the molecule is CCCC/C=C\CCCCCCCC(=O)OCC(COP(=O)(O)OCCNC)OC(=O)CCCCCC/C=C\C/C=C\C/C=C\CCCCC. The van der Waals surface area contributed by atoms with Crippen LogP contribution in [-0.2, 0) is 32.7 Å². The minimum atomic E-state index is -4.35. The number of hydrogen-bond donors (Lipinski definition) is 2. The number of allylic oxidation sites excluding steroid dienone is 8. The lowest BCUT2D eigenvalue weighted by molar-refractivity contribution is -0.161. The van der Waals surface area contributed by atoms with Crippen LogP contribution in [0.5, 0.6) is 0 Å². The number of nitrogens with one attached hydrogen (secondary N) is 1. The number of ether oxygens (including phenoxy) is 2. The van der Waals surface area contributed by atoms with Crippen LogP contribution in [0.4, 0.5) is 0 Å². The van der Waals surface area contributed by atoms with Crippen LogP contribution in [-0.4, -0.2) is 56.3 Å². The summed E-state index contributed by atoms with van der Waals surface area (Å²) in [6.45, 7) is 4.10. The summed E-state index contributed by atoms with van der Waals surface area (Å²) < 4.78 is 33.0. The third-order valence-corrected chi connectivity index (χ3v) is 8.91. The number of phosphoric acid groups is 1. The average molecular weight is 726 g/mol. The Balaban J connectivity index is 4.34. The van der Waals surface area contributed by atoms with E-state index in [1.165, 1.54) is 38.5 Å². The number of phosphoric ester groups is 1. The topological polar surface area (TPSA) is 120 Å². The van der Waals surface area contributed by atoms with Gasteiger partial charge in [0.1, 0.15) is 6.61 Å². The Morgan fingerprint density at radius 2 is 1.10 bits per heavy atom. The predicted molar refractivity (Wildman–Crippen MR) is 206 cm³/mol. The van der Waals surface area contributed by atoms with Crippen molar-refractivity contribution in [3.63, 3.8) is 0 Å². The van der Waals surface area contributed by atoms with Crippen LogP contribution in [0.1, 0.15) is 155 Å². The van der Waals surface area contributed by atoms with Gasteiger partial charge < -0.3 is 19.7 Å². The second-order valence-electron chi connectivity index (χ2n) is 12.8. The second-order valence-corrected chi connectivity index (χ2v) is 14.2. The third kappa shape index (κ3) is 35.8. The fourth-order valence-corrected chi connectivity index (χ4v) is 5.64. The van der Waals surface area contributed by atoms with E-state index in [0.717, 1.165) is 83.5 Å². The molecule has 290 valence electrons. The number of esters is 2. The molecule has 0 fully saturated rings. The molecular formula is C40H72NO8P. The molecule has 0 aliphatic rings. The summed E-state index contributed by atoms with van der Waals surface area (Å²) in [6.07, 6.45) is 38.7. The first kappa shape index (κ1) is 48.0. The Bertz CT molecular complexity index is 965. The molecule has 0 aromatic carbocycles. The average Bonchev–Trinajstić information content (AvgIpc) is 3.09. The maximum absolute atomic E-state index is 12.6. The molecule has 0 radical (unpaired) electrons. The van der Waals surface area contributed by atoms with Gasteiger partial charge in [0.15, 0.2) is 6.10 Å². The van der Waals surface area contributed by atoms with Gasteiger partial charge in [-0.25, -0.2) is 4.57 Å². The van der Waals surface area contributed by atoms with Gasteiger partial charge in [-0.3, -0.25) is 18.6 Å². The van der Waals surface area contributed by atoms with Crippen LogP contribution in [0.2, 0.25) is 0 Å². The first-order chi connectivity index (χ1) is 24.3. The van der Waals surface area contributed by atoms with Crippen molar-refractivity contribution in [2.24, 2.45) is 0 Å². The fourth-order valence-electron chi connectivity index (χ4n) is 4.89. The van der Waals surface area contributed by atoms with Gasteiger partial charge in [0.25, 0.3) is 0 Å². The molecule has 2 atom stereocenters. The van der Waals surface area contributed by atoms with Gasteiger partial charge in [-0.2, -0.15) is 0 Å². The number of carbonyl (C=O) groups is 2. The number of hydrogen-bond acceptors (Lipinski definition) is 8. The lowest BCUT2D eigenvalue weighted by atomic mass is 10.1. The van der Waals surface area contributed by atoms with Gasteiger partial charge in [-0.15, -0.1) is 0 Å². The molecule has 2 unspecified atom stereocenters. The summed E-state index contributed by atoms with van der Waals surface area (Å²) in [7, 11) is -2.66. The molecule has 9 nitrogen and oxygen atoms in total. The van der Waals surface area contributed by atoms with Crippen LogP contribution in [0.3, 0.4) is 0 Å². The normalized spacial score (nSPS) is 13.9. The lowest BCUT2D eigenvalue weighted by Crippen LogP contribution is -2.29. The van der Waals surface area contributed by atoms with E-state index < -0.39 is 32.5 Å².